The first-order valence-corrected chi connectivity index (χ1v) is 4.10. The Bertz CT molecular complexity index is 319. The van der Waals surface area contributed by atoms with Crippen LogP contribution in [0.4, 0.5) is 5.69 Å². The summed E-state index contributed by atoms with van der Waals surface area (Å²) in [6, 6.07) is 6.46. The Labute approximate surface area is 81.1 Å². The highest BCUT2D eigenvalue weighted by atomic mass is 35.5. The number of nitrogens with two attached hydrogens (primary N) is 1. The van der Waals surface area contributed by atoms with E-state index < -0.39 is 10.8 Å². The summed E-state index contributed by atoms with van der Waals surface area (Å²) in [6.45, 7) is 1.43. The molecule has 1 unspecified atom stereocenters. The number of aliphatic carboxylic acids is 1. The van der Waals surface area contributed by atoms with Crippen molar-refractivity contribution in [3.63, 3.8) is 0 Å². The predicted molar refractivity (Wildman–Crippen MR) is 51.7 cm³/mol. The lowest BCUT2D eigenvalue weighted by molar-refractivity contribution is -0.139. The highest BCUT2D eigenvalue weighted by Crippen LogP contribution is 2.29. The molecule has 0 radical (unpaired) electrons. The summed E-state index contributed by atoms with van der Waals surface area (Å²) in [4.78, 5) is 9.36. The van der Waals surface area contributed by atoms with E-state index in [4.69, 9.17) is 22.4 Å². The third-order valence-electron chi connectivity index (χ3n) is 1.85. The molecule has 0 saturated carbocycles. The van der Waals surface area contributed by atoms with Gasteiger partial charge in [0.2, 0.25) is 0 Å². The lowest BCUT2D eigenvalue weighted by Crippen LogP contribution is -2.25. The summed E-state index contributed by atoms with van der Waals surface area (Å²) in [5, 5.41) is 8.80. The van der Waals surface area contributed by atoms with Crippen molar-refractivity contribution in [1.29, 1.82) is 0 Å². The zero-order valence-electron chi connectivity index (χ0n) is 7.12. The van der Waals surface area contributed by atoms with Crippen LogP contribution in [0.3, 0.4) is 0 Å². The Kier molecular flexibility index (Phi) is 2.48. The number of hydrogen-bond donors (Lipinski definition) is 2. The third-order valence-corrected chi connectivity index (χ3v) is 2.23. The summed E-state index contributed by atoms with van der Waals surface area (Å²) < 4.78 is 0. The van der Waals surface area contributed by atoms with E-state index in [-0.39, 0.29) is 0 Å². The first-order chi connectivity index (χ1) is 5.94. The maximum Gasteiger partial charge on any atom is 0.329 e. The van der Waals surface area contributed by atoms with Crippen LogP contribution in [-0.4, -0.2) is 11.1 Å². The van der Waals surface area contributed by atoms with Gasteiger partial charge in [-0.15, -0.1) is 11.6 Å². The van der Waals surface area contributed by atoms with E-state index in [1.165, 1.54) is 6.92 Å². The van der Waals surface area contributed by atoms with Crippen molar-refractivity contribution in [2.45, 2.75) is 11.8 Å². The minimum atomic E-state index is -1.38. The van der Waals surface area contributed by atoms with Crippen LogP contribution in [0.2, 0.25) is 0 Å². The van der Waals surface area contributed by atoms with Gasteiger partial charge in [0.05, 0.1) is 0 Å². The Hall–Kier alpha value is -1.22. The molecule has 1 aromatic rings. The lowest BCUT2D eigenvalue weighted by atomic mass is 10.0. The van der Waals surface area contributed by atoms with Gasteiger partial charge in [-0.1, -0.05) is 12.1 Å². The van der Waals surface area contributed by atoms with E-state index in [1.807, 2.05) is 0 Å². The highest BCUT2D eigenvalue weighted by molar-refractivity contribution is 6.33. The summed E-state index contributed by atoms with van der Waals surface area (Å²) in [6.07, 6.45) is 0. The van der Waals surface area contributed by atoms with Crippen LogP contribution >= 0.6 is 11.6 Å². The fraction of sp³-hybridized carbons (Fsp3) is 0.222. The molecule has 0 aliphatic heterocycles. The minimum Gasteiger partial charge on any atom is -0.480 e. The molecule has 0 fully saturated rings. The zero-order chi connectivity index (χ0) is 10.1. The van der Waals surface area contributed by atoms with Gasteiger partial charge in [-0.05, 0) is 24.6 Å². The highest BCUT2D eigenvalue weighted by Gasteiger charge is 2.32. The largest absolute Gasteiger partial charge is 0.480 e. The summed E-state index contributed by atoms with van der Waals surface area (Å²) in [5.41, 5.74) is 6.56. The fourth-order valence-corrected chi connectivity index (χ4v) is 1.05. The van der Waals surface area contributed by atoms with E-state index in [9.17, 15) is 4.79 Å². The maximum absolute atomic E-state index is 10.7. The second kappa shape index (κ2) is 3.26. The van der Waals surface area contributed by atoms with Gasteiger partial charge in [0.15, 0.2) is 4.87 Å². The molecule has 0 heterocycles. The van der Waals surface area contributed by atoms with Crippen molar-refractivity contribution in [2.75, 3.05) is 5.73 Å². The Balaban J connectivity index is 3.08. The number of anilines is 1. The monoisotopic (exact) mass is 199 g/mol. The van der Waals surface area contributed by atoms with Crippen molar-refractivity contribution < 1.29 is 9.90 Å². The van der Waals surface area contributed by atoms with Gasteiger partial charge < -0.3 is 10.8 Å². The molecule has 13 heavy (non-hydrogen) atoms. The predicted octanol–water partition coefficient (Wildman–Crippen LogP) is 1.81. The van der Waals surface area contributed by atoms with Crippen molar-refractivity contribution in [1.82, 2.24) is 0 Å². The van der Waals surface area contributed by atoms with E-state index >= 15 is 0 Å². The van der Waals surface area contributed by atoms with Gasteiger partial charge in [-0.3, -0.25) is 0 Å². The number of alkyl halides is 1. The van der Waals surface area contributed by atoms with Crippen LogP contribution in [0.25, 0.3) is 0 Å². The fourth-order valence-electron chi connectivity index (χ4n) is 0.920. The van der Waals surface area contributed by atoms with Gasteiger partial charge in [-0.25, -0.2) is 4.79 Å². The number of carboxylic acids is 1. The first kappa shape index (κ1) is 9.86. The number of halogens is 1. The van der Waals surface area contributed by atoms with Gasteiger partial charge in [0.25, 0.3) is 0 Å². The average molecular weight is 200 g/mol. The molecule has 1 atom stereocenters. The molecular formula is C9H10ClNO2. The Morgan fingerprint density at radius 3 is 2.31 bits per heavy atom. The molecule has 70 valence electrons. The van der Waals surface area contributed by atoms with Crippen LogP contribution in [0.15, 0.2) is 24.3 Å². The molecular weight excluding hydrogens is 190 g/mol. The molecule has 3 N–H and O–H groups in total. The average Bonchev–Trinajstić information content (AvgIpc) is 2.04. The molecule has 1 rings (SSSR count). The third kappa shape index (κ3) is 1.92. The lowest BCUT2D eigenvalue weighted by Gasteiger charge is -2.16. The molecule has 0 aromatic heterocycles. The van der Waals surface area contributed by atoms with Crippen LogP contribution in [0.5, 0.6) is 0 Å². The molecule has 0 aliphatic carbocycles. The molecule has 0 amide bonds. The molecule has 0 bridgehead atoms. The summed E-state index contributed by atoms with van der Waals surface area (Å²) >= 11 is 5.81. The second-order valence-corrected chi connectivity index (χ2v) is 3.69. The minimum absolute atomic E-state index is 0.524. The number of hydrogen-bond acceptors (Lipinski definition) is 2. The van der Waals surface area contributed by atoms with E-state index in [1.54, 1.807) is 24.3 Å². The van der Waals surface area contributed by atoms with E-state index in [0.717, 1.165) is 0 Å². The summed E-state index contributed by atoms with van der Waals surface area (Å²) in [5.74, 6) is -1.07. The summed E-state index contributed by atoms with van der Waals surface area (Å²) in [7, 11) is 0. The topological polar surface area (TPSA) is 63.3 Å². The number of carbonyl (C=O) groups is 1. The second-order valence-electron chi connectivity index (χ2n) is 2.93. The van der Waals surface area contributed by atoms with Crippen LogP contribution in [0, 0.1) is 0 Å². The van der Waals surface area contributed by atoms with Crippen molar-refractivity contribution >= 4 is 23.3 Å². The molecule has 1 aromatic carbocycles. The van der Waals surface area contributed by atoms with Gasteiger partial charge >= 0.3 is 5.97 Å². The standard InChI is InChI=1S/C9H10ClNO2/c1-9(10,8(12)13)6-2-4-7(11)5-3-6/h2-5H,11H2,1H3,(H,12,13). The zero-order valence-corrected chi connectivity index (χ0v) is 7.88. The maximum atomic E-state index is 10.7. The number of carboxylic acid groups (broad SMARTS) is 1. The van der Waals surface area contributed by atoms with Crippen molar-refractivity contribution in [2.24, 2.45) is 0 Å². The van der Waals surface area contributed by atoms with Crippen molar-refractivity contribution in [3.05, 3.63) is 29.8 Å². The Morgan fingerprint density at radius 2 is 1.92 bits per heavy atom. The number of rotatable bonds is 2. The normalized spacial score (nSPS) is 14.9. The first-order valence-electron chi connectivity index (χ1n) is 3.73. The molecule has 4 heteroatoms. The molecule has 0 spiro atoms. The molecule has 0 saturated heterocycles. The van der Waals surface area contributed by atoms with Crippen LogP contribution in [-0.2, 0) is 9.67 Å². The smallest absolute Gasteiger partial charge is 0.329 e. The molecule has 3 nitrogen and oxygen atoms in total. The number of nitrogen functional groups attached to an aromatic ring is 1. The van der Waals surface area contributed by atoms with Gasteiger partial charge in [0, 0.05) is 5.69 Å². The molecule has 0 aliphatic rings. The Morgan fingerprint density at radius 1 is 1.46 bits per heavy atom. The number of benzene rings is 1. The SMILES string of the molecule is CC(Cl)(C(=O)O)c1ccc(N)cc1. The van der Waals surface area contributed by atoms with Gasteiger partial charge in [0.1, 0.15) is 0 Å². The van der Waals surface area contributed by atoms with Crippen molar-refractivity contribution in [3.8, 4) is 0 Å². The van der Waals surface area contributed by atoms with Crippen LogP contribution < -0.4 is 5.73 Å². The van der Waals surface area contributed by atoms with Gasteiger partial charge in [-0.2, -0.15) is 0 Å². The van der Waals surface area contributed by atoms with E-state index in [2.05, 4.69) is 0 Å². The quantitative estimate of drug-likeness (QED) is 0.564. The van der Waals surface area contributed by atoms with E-state index in [0.29, 0.717) is 11.3 Å². The van der Waals surface area contributed by atoms with Crippen LogP contribution in [0.1, 0.15) is 12.5 Å².